The number of aromatic nitrogens is 2. The number of nitrogens with zero attached hydrogens (tertiary/aromatic N) is 3. The fourth-order valence-electron chi connectivity index (χ4n) is 4.57. The number of hydrogen-bond donors (Lipinski definition) is 1. The molecule has 27 heavy (non-hydrogen) atoms. The first-order valence-electron chi connectivity index (χ1n) is 10.9. The van der Waals surface area contributed by atoms with Gasteiger partial charge in [0.05, 0.1) is 5.54 Å². The number of amides is 1. The zero-order valence-corrected chi connectivity index (χ0v) is 17.9. The van der Waals surface area contributed by atoms with E-state index in [9.17, 15) is 4.79 Å². The molecule has 1 saturated carbocycles. The van der Waals surface area contributed by atoms with E-state index in [4.69, 9.17) is 0 Å². The Morgan fingerprint density at radius 2 is 1.81 bits per heavy atom. The van der Waals surface area contributed by atoms with Gasteiger partial charge in [-0.25, -0.2) is 0 Å². The first kappa shape index (κ1) is 20.4. The van der Waals surface area contributed by atoms with Crippen LogP contribution in [0.5, 0.6) is 0 Å². The largest absolute Gasteiger partial charge is 0.347 e. The molecule has 1 aliphatic heterocycles. The van der Waals surface area contributed by atoms with Gasteiger partial charge >= 0.3 is 0 Å². The van der Waals surface area contributed by atoms with Crippen LogP contribution in [-0.4, -0.2) is 45.8 Å². The number of carbonyl (C=O) groups excluding carboxylic acids is 1. The highest BCUT2D eigenvalue weighted by molar-refractivity contribution is 5.92. The second kappa shape index (κ2) is 8.34. The van der Waals surface area contributed by atoms with Crippen LogP contribution in [-0.2, 0) is 5.54 Å². The van der Waals surface area contributed by atoms with Gasteiger partial charge in [0.1, 0.15) is 5.69 Å². The third kappa shape index (κ3) is 4.92. The average molecular weight is 375 g/mol. The molecule has 5 heteroatoms. The lowest BCUT2D eigenvalue weighted by Crippen LogP contribution is -2.40. The Balaban J connectivity index is 1.62. The van der Waals surface area contributed by atoms with Crippen molar-refractivity contribution in [3.05, 3.63) is 17.5 Å². The molecule has 0 bridgehead atoms. The van der Waals surface area contributed by atoms with Crippen molar-refractivity contribution in [2.24, 2.45) is 0 Å². The molecule has 1 N–H and O–H groups in total. The minimum absolute atomic E-state index is 0.0207. The molecule has 0 aromatic carbocycles. The summed E-state index contributed by atoms with van der Waals surface area (Å²) >= 11 is 0. The quantitative estimate of drug-likeness (QED) is 0.800. The van der Waals surface area contributed by atoms with Crippen LogP contribution in [0.15, 0.2) is 6.07 Å². The molecule has 5 nitrogen and oxygen atoms in total. The molecule has 3 rings (SSSR count). The van der Waals surface area contributed by atoms with Crippen LogP contribution >= 0.6 is 0 Å². The van der Waals surface area contributed by atoms with Crippen molar-refractivity contribution in [3.8, 4) is 0 Å². The summed E-state index contributed by atoms with van der Waals surface area (Å²) in [5.74, 6) is 0.322. The second-order valence-corrected chi connectivity index (χ2v) is 9.79. The van der Waals surface area contributed by atoms with Crippen LogP contribution in [0, 0.1) is 0 Å². The van der Waals surface area contributed by atoms with E-state index in [0.717, 1.165) is 31.2 Å². The van der Waals surface area contributed by atoms with Gasteiger partial charge in [-0.15, -0.1) is 0 Å². The van der Waals surface area contributed by atoms with Crippen LogP contribution in [0.25, 0.3) is 0 Å². The Hall–Kier alpha value is -1.36. The van der Waals surface area contributed by atoms with Crippen molar-refractivity contribution in [1.82, 2.24) is 20.0 Å². The van der Waals surface area contributed by atoms with Crippen LogP contribution in [0.3, 0.4) is 0 Å². The molecule has 0 radical (unpaired) electrons. The minimum atomic E-state index is -0.123. The molecule has 152 valence electrons. The molecule has 1 aliphatic carbocycles. The summed E-state index contributed by atoms with van der Waals surface area (Å²) in [5, 5.41) is 7.91. The third-order valence-corrected chi connectivity index (χ3v) is 6.09. The summed E-state index contributed by atoms with van der Waals surface area (Å²) in [4.78, 5) is 15.5. The summed E-state index contributed by atoms with van der Waals surface area (Å²) in [6.07, 6.45) is 9.21. The summed E-state index contributed by atoms with van der Waals surface area (Å²) < 4.78 is 2.01. The molecular formula is C22H38N4O. The lowest BCUT2D eigenvalue weighted by molar-refractivity contribution is 0.0929. The molecule has 2 aliphatic rings. The van der Waals surface area contributed by atoms with E-state index in [2.05, 4.69) is 49.9 Å². The SMILES string of the molecule is CC(C)c1cc(C(=O)NC2CCN(C3CCCCCC3)C2)nn1C(C)(C)C. The van der Waals surface area contributed by atoms with E-state index in [1.54, 1.807) is 0 Å². The molecule has 0 spiro atoms. The molecule has 2 heterocycles. The van der Waals surface area contributed by atoms with Crippen LogP contribution in [0.1, 0.15) is 102 Å². The van der Waals surface area contributed by atoms with Crippen molar-refractivity contribution in [3.63, 3.8) is 0 Å². The molecule has 1 atom stereocenters. The standard InChI is InChI=1S/C22H38N4O/c1-16(2)20-14-19(24-26(20)22(3,4)5)21(27)23-17-12-13-25(15-17)18-10-8-6-7-9-11-18/h14,16-18H,6-13,15H2,1-5H3,(H,23,27). The summed E-state index contributed by atoms with van der Waals surface area (Å²) in [7, 11) is 0. The van der Waals surface area contributed by atoms with Crippen LogP contribution < -0.4 is 5.32 Å². The van der Waals surface area contributed by atoms with Gasteiger partial charge in [0.2, 0.25) is 0 Å². The molecule has 1 saturated heterocycles. The fraction of sp³-hybridized carbons (Fsp3) is 0.818. The average Bonchev–Trinajstić information content (AvgIpc) is 3.15. The lowest BCUT2D eigenvalue weighted by Gasteiger charge is -2.26. The number of nitrogens with one attached hydrogen (secondary N) is 1. The lowest BCUT2D eigenvalue weighted by atomic mass is 10.1. The van der Waals surface area contributed by atoms with Gasteiger partial charge < -0.3 is 5.32 Å². The number of likely N-dealkylation sites (tertiary alicyclic amines) is 1. The zero-order chi connectivity index (χ0) is 19.6. The maximum Gasteiger partial charge on any atom is 0.272 e. The van der Waals surface area contributed by atoms with E-state index in [0.29, 0.717) is 11.6 Å². The van der Waals surface area contributed by atoms with Crippen LogP contribution in [0.2, 0.25) is 0 Å². The van der Waals surface area contributed by atoms with Gasteiger partial charge in [-0.05, 0) is 52.0 Å². The van der Waals surface area contributed by atoms with Crippen molar-refractivity contribution in [2.75, 3.05) is 13.1 Å². The number of rotatable bonds is 4. The van der Waals surface area contributed by atoms with E-state index >= 15 is 0 Å². The van der Waals surface area contributed by atoms with E-state index in [-0.39, 0.29) is 17.5 Å². The Kier molecular flexibility index (Phi) is 6.29. The summed E-state index contributed by atoms with van der Waals surface area (Å²) in [5.41, 5.74) is 1.56. The maximum atomic E-state index is 12.8. The highest BCUT2D eigenvalue weighted by atomic mass is 16.2. The first-order chi connectivity index (χ1) is 12.8. The smallest absolute Gasteiger partial charge is 0.272 e. The summed E-state index contributed by atoms with van der Waals surface area (Å²) in [6.45, 7) is 12.8. The third-order valence-electron chi connectivity index (χ3n) is 6.09. The molecule has 1 unspecified atom stereocenters. The van der Waals surface area contributed by atoms with Crippen molar-refractivity contribution < 1.29 is 4.79 Å². The predicted molar refractivity (Wildman–Crippen MR) is 110 cm³/mol. The van der Waals surface area contributed by atoms with E-state index in [1.807, 2.05) is 10.7 Å². The van der Waals surface area contributed by atoms with Gasteiger partial charge in [0, 0.05) is 30.9 Å². The Morgan fingerprint density at radius 1 is 1.15 bits per heavy atom. The monoisotopic (exact) mass is 374 g/mol. The number of hydrogen-bond acceptors (Lipinski definition) is 3. The maximum absolute atomic E-state index is 12.8. The molecule has 1 aromatic rings. The van der Waals surface area contributed by atoms with Gasteiger partial charge in [-0.2, -0.15) is 5.10 Å². The summed E-state index contributed by atoms with van der Waals surface area (Å²) in [6, 6.07) is 2.95. The van der Waals surface area contributed by atoms with Gasteiger partial charge in [-0.3, -0.25) is 14.4 Å². The van der Waals surface area contributed by atoms with Crippen molar-refractivity contribution in [1.29, 1.82) is 0 Å². The first-order valence-corrected chi connectivity index (χ1v) is 10.9. The van der Waals surface area contributed by atoms with Gasteiger partial charge in [0.15, 0.2) is 0 Å². The van der Waals surface area contributed by atoms with E-state index < -0.39 is 0 Å². The van der Waals surface area contributed by atoms with Crippen molar-refractivity contribution in [2.45, 2.75) is 103 Å². The molecule has 1 amide bonds. The zero-order valence-electron chi connectivity index (χ0n) is 17.9. The van der Waals surface area contributed by atoms with Gasteiger partial charge in [-0.1, -0.05) is 39.5 Å². The molecule has 2 fully saturated rings. The van der Waals surface area contributed by atoms with E-state index in [1.165, 1.54) is 38.5 Å². The number of carbonyl (C=O) groups is 1. The normalized spacial score (nSPS) is 23.0. The highest BCUT2D eigenvalue weighted by Gasteiger charge is 2.30. The minimum Gasteiger partial charge on any atom is -0.347 e. The Morgan fingerprint density at radius 3 is 2.37 bits per heavy atom. The Labute approximate surface area is 164 Å². The second-order valence-electron chi connectivity index (χ2n) is 9.79. The highest BCUT2D eigenvalue weighted by Crippen LogP contribution is 2.26. The Bertz CT molecular complexity index is 635. The van der Waals surface area contributed by atoms with Crippen molar-refractivity contribution >= 4 is 5.91 Å². The topological polar surface area (TPSA) is 50.2 Å². The van der Waals surface area contributed by atoms with Gasteiger partial charge in [0.25, 0.3) is 5.91 Å². The fourth-order valence-corrected chi connectivity index (χ4v) is 4.57. The molecular weight excluding hydrogens is 336 g/mol. The predicted octanol–water partition coefficient (Wildman–Crippen LogP) is 4.29. The van der Waals surface area contributed by atoms with Crippen LogP contribution in [0.4, 0.5) is 0 Å². The molecule has 1 aromatic heterocycles.